The van der Waals surface area contributed by atoms with Gasteiger partial charge in [-0.1, -0.05) is 42.5 Å². The monoisotopic (exact) mass is 424 g/mol. The topological polar surface area (TPSA) is 122 Å². The van der Waals surface area contributed by atoms with Crippen LogP contribution in [0.3, 0.4) is 0 Å². The number of primary amides is 1. The summed E-state index contributed by atoms with van der Waals surface area (Å²) in [5.41, 5.74) is 5.00. The van der Waals surface area contributed by atoms with Crippen molar-refractivity contribution in [2.75, 3.05) is 25.1 Å². The summed E-state index contributed by atoms with van der Waals surface area (Å²) in [5.74, 6) is -1.26. The molecule has 0 bridgehead atoms. The molecule has 1 aliphatic heterocycles. The number of benzene rings is 2. The van der Waals surface area contributed by atoms with Gasteiger partial charge in [-0.05, 0) is 24.6 Å². The van der Waals surface area contributed by atoms with Crippen LogP contribution in [0.4, 0.5) is 10.5 Å². The van der Waals surface area contributed by atoms with Gasteiger partial charge in [0.25, 0.3) is 5.91 Å². The van der Waals surface area contributed by atoms with E-state index in [4.69, 9.17) is 10.5 Å². The van der Waals surface area contributed by atoms with Crippen molar-refractivity contribution in [3.63, 3.8) is 0 Å². The number of imide groups is 1. The van der Waals surface area contributed by atoms with Crippen LogP contribution in [0, 0.1) is 0 Å². The summed E-state index contributed by atoms with van der Waals surface area (Å²) in [6, 6.07) is 14.9. The summed E-state index contributed by atoms with van der Waals surface area (Å²) in [6.45, 7) is 1.08. The van der Waals surface area contributed by atoms with Gasteiger partial charge in [-0.2, -0.15) is 0 Å². The van der Waals surface area contributed by atoms with Gasteiger partial charge in [0.2, 0.25) is 11.8 Å². The quantitative estimate of drug-likeness (QED) is 0.620. The minimum Gasteiger partial charge on any atom is -0.495 e. The standard InChI is InChI=1S/C22H24N4O5/c1-22(15-8-4-3-5-9-15)20(29)26(21(30)24-22)14-19(28)25(13-12-18(23)27)16-10-6-7-11-17(16)31-2/h3-11H,12-14H2,1-2H3,(H2,23,27)(H,24,30)/t22-/m1/s1. The highest BCUT2D eigenvalue weighted by Gasteiger charge is 2.49. The number of ether oxygens (including phenoxy) is 1. The van der Waals surface area contributed by atoms with Crippen LogP contribution in [0.5, 0.6) is 5.75 Å². The maximum absolute atomic E-state index is 13.2. The fraction of sp³-hybridized carbons (Fsp3) is 0.273. The number of hydrogen-bond acceptors (Lipinski definition) is 5. The van der Waals surface area contributed by atoms with Crippen molar-refractivity contribution in [3.8, 4) is 5.75 Å². The first-order valence-electron chi connectivity index (χ1n) is 9.69. The number of nitrogens with one attached hydrogen (secondary N) is 1. The molecule has 1 aliphatic rings. The summed E-state index contributed by atoms with van der Waals surface area (Å²) in [6.07, 6.45) is -0.0916. The van der Waals surface area contributed by atoms with Crippen LogP contribution in [-0.4, -0.2) is 48.9 Å². The van der Waals surface area contributed by atoms with Crippen molar-refractivity contribution in [2.45, 2.75) is 18.9 Å². The highest BCUT2D eigenvalue weighted by molar-refractivity contribution is 6.10. The van der Waals surface area contributed by atoms with E-state index in [1.165, 1.54) is 12.0 Å². The largest absolute Gasteiger partial charge is 0.495 e. The SMILES string of the molecule is COc1ccccc1N(CCC(N)=O)C(=O)CN1C(=O)N[C@](C)(c2ccccc2)C1=O. The summed E-state index contributed by atoms with van der Waals surface area (Å²) in [5, 5.41) is 2.67. The Labute approximate surface area is 179 Å². The molecule has 0 saturated carbocycles. The van der Waals surface area contributed by atoms with Gasteiger partial charge >= 0.3 is 6.03 Å². The number of hydrogen-bond donors (Lipinski definition) is 2. The lowest BCUT2D eigenvalue weighted by molar-refractivity contribution is -0.134. The fourth-order valence-corrected chi connectivity index (χ4v) is 3.48. The molecule has 9 nitrogen and oxygen atoms in total. The zero-order valence-corrected chi connectivity index (χ0v) is 17.3. The molecular formula is C22H24N4O5. The second-order valence-electron chi connectivity index (χ2n) is 7.25. The number of rotatable bonds is 8. The molecular weight excluding hydrogens is 400 g/mol. The van der Waals surface area contributed by atoms with Gasteiger partial charge in [0.15, 0.2) is 0 Å². The Bertz CT molecular complexity index is 1010. The van der Waals surface area contributed by atoms with Gasteiger partial charge in [0, 0.05) is 13.0 Å². The van der Waals surface area contributed by atoms with Gasteiger partial charge in [-0.25, -0.2) is 4.79 Å². The number of nitrogens with two attached hydrogens (primary N) is 1. The summed E-state index contributed by atoms with van der Waals surface area (Å²) in [4.78, 5) is 52.3. The predicted molar refractivity (Wildman–Crippen MR) is 113 cm³/mol. The number of nitrogens with zero attached hydrogens (tertiary/aromatic N) is 2. The molecule has 162 valence electrons. The van der Waals surface area contributed by atoms with E-state index in [1.54, 1.807) is 61.5 Å². The van der Waals surface area contributed by atoms with E-state index in [9.17, 15) is 19.2 Å². The molecule has 0 spiro atoms. The first kappa shape index (κ1) is 21.8. The number of carbonyl (C=O) groups is 4. The van der Waals surface area contributed by atoms with Crippen LogP contribution in [0.1, 0.15) is 18.9 Å². The van der Waals surface area contributed by atoms with Gasteiger partial charge in [-0.15, -0.1) is 0 Å². The summed E-state index contributed by atoms with van der Waals surface area (Å²) < 4.78 is 5.32. The lowest BCUT2D eigenvalue weighted by Gasteiger charge is -2.26. The molecule has 1 heterocycles. The molecule has 2 aromatic carbocycles. The van der Waals surface area contributed by atoms with E-state index in [0.717, 1.165) is 4.90 Å². The predicted octanol–water partition coefficient (Wildman–Crippen LogP) is 1.37. The van der Waals surface area contributed by atoms with Gasteiger partial charge in [-0.3, -0.25) is 19.3 Å². The molecule has 0 aliphatic carbocycles. The third-order valence-corrected chi connectivity index (χ3v) is 5.18. The number of methoxy groups -OCH3 is 1. The van der Waals surface area contributed by atoms with Crippen molar-refractivity contribution >= 4 is 29.4 Å². The van der Waals surface area contributed by atoms with E-state index in [0.29, 0.717) is 17.0 Å². The van der Waals surface area contributed by atoms with E-state index < -0.39 is 35.8 Å². The Hall–Kier alpha value is -3.88. The molecule has 0 radical (unpaired) electrons. The van der Waals surface area contributed by atoms with Crippen LogP contribution in [0.25, 0.3) is 0 Å². The molecule has 3 rings (SSSR count). The van der Waals surface area contributed by atoms with Gasteiger partial charge in [0.1, 0.15) is 17.8 Å². The molecule has 1 saturated heterocycles. The molecule has 5 amide bonds. The van der Waals surface area contributed by atoms with Crippen LogP contribution < -0.4 is 20.7 Å². The number of urea groups is 1. The third kappa shape index (κ3) is 4.35. The van der Waals surface area contributed by atoms with Crippen LogP contribution in [0.2, 0.25) is 0 Å². The zero-order valence-electron chi connectivity index (χ0n) is 17.3. The van der Waals surface area contributed by atoms with Crippen LogP contribution in [0.15, 0.2) is 54.6 Å². The molecule has 2 aromatic rings. The lowest BCUT2D eigenvalue weighted by atomic mass is 9.92. The molecule has 3 N–H and O–H groups in total. The molecule has 9 heteroatoms. The maximum Gasteiger partial charge on any atom is 0.325 e. The van der Waals surface area contributed by atoms with Crippen LogP contribution >= 0.6 is 0 Å². The Morgan fingerprint density at radius 1 is 1.10 bits per heavy atom. The highest BCUT2D eigenvalue weighted by Crippen LogP contribution is 2.30. The van der Waals surface area contributed by atoms with E-state index in [-0.39, 0.29) is 13.0 Å². The zero-order chi connectivity index (χ0) is 22.6. The van der Waals surface area contributed by atoms with Crippen molar-refractivity contribution < 1.29 is 23.9 Å². The molecule has 1 atom stereocenters. The lowest BCUT2D eigenvalue weighted by Crippen LogP contribution is -2.45. The Morgan fingerprint density at radius 2 is 1.74 bits per heavy atom. The normalized spacial score (nSPS) is 17.9. The Kier molecular flexibility index (Phi) is 6.24. The number of carbonyl (C=O) groups excluding carboxylic acids is 4. The van der Waals surface area contributed by atoms with E-state index in [1.807, 2.05) is 0 Å². The third-order valence-electron chi connectivity index (χ3n) is 5.18. The number of para-hydroxylation sites is 2. The first-order valence-corrected chi connectivity index (χ1v) is 9.69. The minimum absolute atomic E-state index is 0.0197. The van der Waals surface area contributed by atoms with E-state index >= 15 is 0 Å². The molecule has 31 heavy (non-hydrogen) atoms. The molecule has 0 aromatic heterocycles. The molecule has 1 fully saturated rings. The van der Waals surface area contributed by atoms with Crippen molar-refractivity contribution in [3.05, 3.63) is 60.2 Å². The maximum atomic E-state index is 13.2. The van der Waals surface area contributed by atoms with Crippen molar-refractivity contribution in [1.82, 2.24) is 10.2 Å². The number of amides is 5. The fourth-order valence-electron chi connectivity index (χ4n) is 3.48. The number of anilines is 1. The smallest absolute Gasteiger partial charge is 0.325 e. The highest BCUT2D eigenvalue weighted by atomic mass is 16.5. The van der Waals surface area contributed by atoms with Crippen molar-refractivity contribution in [2.24, 2.45) is 5.73 Å². The van der Waals surface area contributed by atoms with Crippen molar-refractivity contribution in [1.29, 1.82) is 0 Å². The summed E-state index contributed by atoms with van der Waals surface area (Å²) in [7, 11) is 1.46. The van der Waals surface area contributed by atoms with E-state index in [2.05, 4.69) is 5.32 Å². The first-order chi connectivity index (χ1) is 14.8. The average Bonchev–Trinajstić information content (AvgIpc) is 2.98. The molecule has 0 unspecified atom stereocenters. The second kappa shape index (κ2) is 8.86. The van der Waals surface area contributed by atoms with Gasteiger partial charge in [0.05, 0.1) is 12.8 Å². The Morgan fingerprint density at radius 3 is 2.39 bits per heavy atom. The minimum atomic E-state index is -1.28. The average molecular weight is 424 g/mol. The van der Waals surface area contributed by atoms with Crippen LogP contribution in [-0.2, 0) is 19.9 Å². The second-order valence-corrected chi connectivity index (χ2v) is 7.25. The van der Waals surface area contributed by atoms with Gasteiger partial charge < -0.3 is 20.7 Å². The summed E-state index contributed by atoms with van der Waals surface area (Å²) >= 11 is 0. The Balaban J connectivity index is 1.86.